The molecule has 4 atom stereocenters. The molecule has 22 heavy (non-hydrogen) atoms. The topological polar surface area (TPSA) is 135 Å². The van der Waals surface area contributed by atoms with Crippen molar-refractivity contribution in [3.05, 3.63) is 6.20 Å². The molecule has 9 heteroatoms. The van der Waals surface area contributed by atoms with Crippen LogP contribution in [0.4, 0.5) is 5.82 Å². The van der Waals surface area contributed by atoms with Crippen LogP contribution in [-0.2, 0) is 6.54 Å². The van der Waals surface area contributed by atoms with E-state index in [-0.39, 0.29) is 0 Å². The van der Waals surface area contributed by atoms with Crippen molar-refractivity contribution < 1.29 is 25.5 Å². The standard InChI is InChI=1S/C13H24N4O5/c1-3-4-5-17-6-7(14-15-17)16(2)8-9(18)11(20)13(22)12(21)10(8)19/h6,8-13,18-22H,3-5H2,1-2H3. The zero-order valence-corrected chi connectivity index (χ0v) is 12.7. The van der Waals surface area contributed by atoms with Crippen LogP contribution in [0.1, 0.15) is 19.8 Å². The Hall–Kier alpha value is -1.26. The summed E-state index contributed by atoms with van der Waals surface area (Å²) in [5, 5.41) is 57.3. The van der Waals surface area contributed by atoms with Gasteiger partial charge in [0.05, 0.1) is 12.2 Å². The van der Waals surface area contributed by atoms with E-state index in [1.54, 1.807) is 17.9 Å². The van der Waals surface area contributed by atoms with E-state index in [2.05, 4.69) is 17.2 Å². The molecule has 0 amide bonds. The van der Waals surface area contributed by atoms with Gasteiger partial charge in [-0.05, 0) is 6.42 Å². The van der Waals surface area contributed by atoms with E-state index in [9.17, 15) is 25.5 Å². The molecule has 2 rings (SSSR count). The maximum absolute atomic E-state index is 10.1. The smallest absolute Gasteiger partial charge is 0.171 e. The van der Waals surface area contributed by atoms with Crippen molar-refractivity contribution in [2.75, 3.05) is 11.9 Å². The average molecular weight is 316 g/mol. The first-order valence-electron chi connectivity index (χ1n) is 7.41. The summed E-state index contributed by atoms with van der Waals surface area (Å²) in [6.45, 7) is 2.77. The fourth-order valence-electron chi connectivity index (χ4n) is 2.70. The SMILES string of the molecule is CCCCn1cc(N(C)C2C(O)C(O)C(O)C(O)C2O)nn1. The van der Waals surface area contributed by atoms with Gasteiger partial charge in [0, 0.05) is 13.6 Å². The van der Waals surface area contributed by atoms with E-state index in [0.29, 0.717) is 12.4 Å². The Morgan fingerprint density at radius 1 is 1.05 bits per heavy atom. The van der Waals surface area contributed by atoms with E-state index in [4.69, 9.17) is 0 Å². The minimum atomic E-state index is -1.60. The summed E-state index contributed by atoms with van der Waals surface area (Å²) in [5.74, 6) is 0.398. The monoisotopic (exact) mass is 316 g/mol. The Bertz CT molecular complexity index is 469. The van der Waals surface area contributed by atoms with Crippen LogP contribution in [0.15, 0.2) is 6.20 Å². The third-order valence-corrected chi connectivity index (χ3v) is 4.18. The van der Waals surface area contributed by atoms with Crippen molar-refractivity contribution in [3.8, 4) is 0 Å². The fraction of sp³-hybridized carbons (Fsp3) is 0.846. The van der Waals surface area contributed by atoms with Crippen LogP contribution < -0.4 is 4.90 Å². The predicted molar refractivity (Wildman–Crippen MR) is 77.2 cm³/mol. The molecule has 1 aliphatic rings. The molecule has 1 heterocycles. The second kappa shape index (κ2) is 6.88. The minimum absolute atomic E-state index is 0.398. The molecular weight excluding hydrogens is 292 g/mol. The number of likely N-dealkylation sites (N-methyl/N-ethyl adjacent to an activating group) is 1. The molecule has 0 saturated heterocycles. The largest absolute Gasteiger partial charge is 0.388 e. The number of nitrogens with zero attached hydrogens (tertiary/aromatic N) is 4. The molecule has 5 N–H and O–H groups in total. The van der Waals surface area contributed by atoms with Crippen molar-refractivity contribution in [1.29, 1.82) is 0 Å². The van der Waals surface area contributed by atoms with Crippen LogP contribution in [0.25, 0.3) is 0 Å². The van der Waals surface area contributed by atoms with E-state index >= 15 is 0 Å². The molecule has 1 aromatic heterocycles. The van der Waals surface area contributed by atoms with Crippen LogP contribution in [0.3, 0.4) is 0 Å². The normalized spacial score (nSPS) is 35.6. The maximum atomic E-state index is 10.1. The number of unbranched alkanes of at least 4 members (excludes halogenated alkanes) is 1. The highest BCUT2D eigenvalue weighted by molar-refractivity contribution is 5.37. The highest BCUT2D eigenvalue weighted by Crippen LogP contribution is 2.27. The quantitative estimate of drug-likeness (QED) is 0.409. The maximum Gasteiger partial charge on any atom is 0.171 e. The second-order valence-corrected chi connectivity index (χ2v) is 5.75. The van der Waals surface area contributed by atoms with Gasteiger partial charge in [0.1, 0.15) is 30.5 Å². The molecule has 1 fully saturated rings. The van der Waals surface area contributed by atoms with Gasteiger partial charge in [-0.25, -0.2) is 0 Å². The Morgan fingerprint density at radius 2 is 1.59 bits per heavy atom. The predicted octanol–water partition coefficient (Wildman–Crippen LogP) is -2.30. The van der Waals surface area contributed by atoms with Crippen molar-refractivity contribution in [2.45, 2.75) is 62.9 Å². The Balaban J connectivity index is 2.16. The van der Waals surface area contributed by atoms with Crippen LogP contribution >= 0.6 is 0 Å². The van der Waals surface area contributed by atoms with Crippen LogP contribution in [0.5, 0.6) is 0 Å². The number of aryl methyl sites for hydroxylation is 1. The zero-order chi connectivity index (χ0) is 16.4. The second-order valence-electron chi connectivity index (χ2n) is 5.75. The zero-order valence-electron chi connectivity index (χ0n) is 12.7. The summed E-state index contributed by atoms with van der Waals surface area (Å²) in [7, 11) is 1.57. The highest BCUT2D eigenvalue weighted by Gasteiger charge is 2.50. The van der Waals surface area contributed by atoms with Gasteiger partial charge >= 0.3 is 0 Å². The Labute approximate surface area is 128 Å². The van der Waals surface area contributed by atoms with Gasteiger partial charge in [-0.2, -0.15) is 0 Å². The summed E-state index contributed by atoms with van der Waals surface area (Å²) in [6, 6.07) is -1.01. The number of rotatable bonds is 5. The number of hydrogen-bond donors (Lipinski definition) is 5. The lowest BCUT2D eigenvalue weighted by Crippen LogP contribution is -2.68. The van der Waals surface area contributed by atoms with Gasteiger partial charge in [-0.3, -0.25) is 4.68 Å². The lowest BCUT2D eigenvalue weighted by atomic mass is 9.82. The first kappa shape index (κ1) is 17.1. The molecule has 0 aromatic carbocycles. The van der Waals surface area contributed by atoms with Gasteiger partial charge < -0.3 is 30.4 Å². The lowest BCUT2D eigenvalue weighted by Gasteiger charge is -2.45. The fourth-order valence-corrected chi connectivity index (χ4v) is 2.70. The number of aliphatic hydroxyl groups excluding tert-OH is 5. The molecule has 1 aliphatic carbocycles. The van der Waals surface area contributed by atoms with Gasteiger partial charge in [-0.1, -0.05) is 18.6 Å². The van der Waals surface area contributed by atoms with Gasteiger partial charge in [0.15, 0.2) is 5.82 Å². The molecule has 0 radical (unpaired) electrons. The van der Waals surface area contributed by atoms with Crippen LogP contribution in [0.2, 0.25) is 0 Å². The van der Waals surface area contributed by atoms with Crippen molar-refractivity contribution in [3.63, 3.8) is 0 Å². The van der Waals surface area contributed by atoms with Gasteiger partial charge in [-0.15, -0.1) is 5.10 Å². The third kappa shape index (κ3) is 3.08. The summed E-state index contributed by atoms with van der Waals surface area (Å²) < 4.78 is 1.65. The van der Waals surface area contributed by atoms with E-state index in [1.165, 1.54) is 4.90 Å². The van der Waals surface area contributed by atoms with Crippen LogP contribution in [-0.4, -0.2) is 84.1 Å². The molecular formula is C13H24N4O5. The molecule has 0 spiro atoms. The van der Waals surface area contributed by atoms with Gasteiger partial charge in [0.25, 0.3) is 0 Å². The number of anilines is 1. The molecule has 9 nitrogen and oxygen atoms in total. The first-order chi connectivity index (χ1) is 10.4. The molecule has 126 valence electrons. The van der Waals surface area contributed by atoms with E-state index < -0.39 is 36.6 Å². The van der Waals surface area contributed by atoms with Crippen molar-refractivity contribution in [1.82, 2.24) is 15.0 Å². The van der Waals surface area contributed by atoms with Crippen molar-refractivity contribution in [2.24, 2.45) is 0 Å². The number of aliphatic hydroxyl groups is 5. The van der Waals surface area contributed by atoms with E-state index in [1.807, 2.05) is 0 Å². The summed E-state index contributed by atoms with van der Waals surface area (Å²) in [5.41, 5.74) is 0. The molecule has 4 unspecified atom stereocenters. The third-order valence-electron chi connectivity index (χ3n) is 4.18. The molecule has 1 saturated carbocycles. The molecule has 0 aliphatic heterocycles. The number of hydrogen-bond acceptors (Lipinski definition) is 8. The lowest BCUT2D eigenvalue weighted by molar-refractivity contribution is -0.185. The Morgan fingerprint density at radius 3 is 2.14 bits per heavy atom. The average Bonchev–Trinajstić information content (AvgIpc) is 2.98. The first-order valence-corrected chi connectivity index (χ1v) is 7.41. The van der Waals surface area contributed by atoms with Crippen LogP contribution in [0, 0.1) is 0 Å². The van der Waals surface area contributed by atoms with Crippen molar-refractivity contribution >= 4 is 5.82 Å². The molecule has 1 aromatic rings. The highest BCUT2D eigenvalue weighted by atomic mass is 16.4. The summed E-state index contributed by atoms with van der Waals surface area (Å²) in [4.78, 5) is 1.45. The van der Waals surface area contributed by atoms with E-state index in [0.717, 1.165) is 12.8 Å². The minimum Gasteiger partial charge on any atom is -0.388 e. The Kier molecular flexibility index (Phi) is 5.35. The molecule has 0 bridgehead atoms. The van der Waals surface area contributed by atoms with Gasteiger partial charge in [0.2, 0.25) is 0 Å². The summed E-state index contributed by atoms with van der Waals surface area (Å²) >= 11 is 0. The number of aromatic nitrogens is 3. The summed E-state index contributed by atoms with van der Waals surface area (Å²) in [6.07, 6.45) is -3.94.